The van der Waals surface area contributed by atoms with Crippen LogP contribution in [0.4, 0.5) is 0 Å². The molecule has 0 fully saturated rings. The van der Waals surface area contributed by atoms with Crippen molar-refractivity contribution in [2.45, 2.75) is 23.6 Å². The van der Waals surface area contributed by atoms with Gasteiger partial charge >= 0.3 is 0 Å². The van der Waals surface area contributed by atoms with Crippen LogP contribution in [0.2, 0.25) is 0 Å². The molecule has 0 bridgehead atoms. The Kier molecular flexibility index (Phi) is 2.53. The zero-order valence-electron chi connectivity index (χ0n) is 10.5. The third-order valence-corrected chi connectivity index (χ3v) is 4.94. The van der Waals surface area contributed by atoms with Crippen LogP contribution in [-0.2, 0) is 9.84 Å². The highest BCUT2D eigenvalue weighted by Gasteiger charge is 2.32. The predicted molar refractivity (Wildman–Crippen MR) is 69.1 cm³/mol. The van der Waals surface area contributed by atoms with Gasteiger partial charge in [-0.15, -0.1) is 0 Å². The number of para-hydroxylation sites is 2. The summed E-state index contributed by atoms with van der Waals surface area (Å²) in [5, 5.41) is 0. The Morgan fingerprint density at radius 3 is 1.63 bits per heavy atom. The highest BCUT2D eigenvalue weighted by molar-refractivity contribution is 7.91. The molecule has 1 aliphatic rings. The Morgan fingerprint density at radius 1 is 0.789 bits per heavy atom. The molecule has 1 heterocycles. The number of rotatable bonds is 0. The van der Waals surface area contributed by atoms with E-state index in [0.29, 0.717) is 11.1 Å². The average molecular weight is 276 g/mol. The van der Waals surface area contributed by atoms with Gasteiger partial charge in [0.05, 0.1) is 0 Å². The molecule has 2 aromatic carbocycles. The van der Waals surface area contributed by atoms with E-state index in [1.54, 1.807) is 38.1 Å². The molecular weight excluding hydrogens is 264 g/mol. The van der Waals surface area contributed by atoms with Gasteiger partial charge in [-0.3, -0.25) is 9.78 Å². The molecule has 1 aliphatic heterocycles. The van der Waals surface area contributed by atoms with E-state index in [1.807, 2.05) is 0 Å². The zero-order valence-corrected chi connectivity index (χ0v) is 11.3. The van der Waals surface area contributed by atoms with Crippen LogP contribution in [0.15, 0.2) is 46.2 Å². The largest absolute Gasteiger partial charge is 0.288 e. The van der Waals surface area contributed by atoms with E-state index in [4.69, 9.17) is 9.78 Å². The molecule has 3 rings (SSSR count). The first kappa shape index (κ1) is 12.0. The van der Waals surface area contributed by atoms with E-state index < -0.39 is 9.84 Å². The fourth-order valence-electron chi connectivity index (χ4n) is 2.09. The first-order valence-corrected chi connectivity index (χ1v) is 7.29. The Morgan fingerprint density at radius 2 is 1.21 bits per heavy atom. The molecule has 0 saturated carbocycles. The van der Waals surface area contributed by atoms with Gasteiger partial charge in [0.25, 0.3) is 0 Å². The molecule has 0 unspecified atom stereocenters. The van der Waals surface area contributed by atoms with E-state index >= 15 is 0 Å². The summed E-state index contributed by atoms with van der Waals surface area (Å²) in [7, 11) is -3.63. The van der Waals surface area contributed by atoms with Crippen molar-refractivity contribution >= 4 is 9.84 Å². The molecule has 0 amide bonds. The summed E-state index contributed by atoms with van der Waals surface area (Å²) >= 11 is 0. The lowest BCUT2D eigenvalue weighted by Gasteiger charge is -2.07. The van der Waals surface area contributed by atoms with Crippen LogP contribution in [0.1, 0.15) is 11.1 Å². The second-order valence-electron chi connectivity index (χ2n) is 4.47. The number of hydrogen-bond donors (Lipinski definition) is 0. The van der Waals surface area contributed by atoms with Gasteiger partial charge in [0.2, 0.25) is 21.3 Å². The molecule has 0 saturated heterocycles. The maximum absolute atomic E-state index is 12.7. The molecule has 0 atom stereocenters. The van der Waals surface area contributed by atoms with Gasteiger partial charge in [0.15, 0.2) is 0 Å². The maximum atomic E-state index is 12.7. The Hall–Kier alpha value is -2.01. The maximum Gasteiger partial charge on any atom is 0.214 e. The smallest absolute Gasteiger partial charge is 0.214 e. The number of aryl methyl sites for hydroxylation is 2. The number of hydrogen-bond acceptors (Lipinski definition) is 4. The van der Waals surface area contributed by atoms with Crippen LogP contribution in [0, 0.1) is 13.8 Å². The Labute approximate surface area is 111 Å². The molecule has 0 spiro atoms. The first-order valence-electron chi connectivity index (χ1n) is 5.80. The number of fused-ring (bicyclic) bond motifs is 2. The lowest BCUT2D eigenvalue weighted by atomic mass is 10.2. The van der Waals surface area contributed by atoms with Crippen molar-refractivity contribution in [1.29, 1.82) is 0 Å². The van der Waals surface area contributed by atoms with E-state index in [2.05, 4.69) is 0 Å². The minimum atomic E-state index is -3.63. The van der Waals surface area contributed by atoms with Crippen LogP contribution in [-0.4, -0.2) is 8.42 Å². The molecule has 5 heteroatoms. The van der Waals surface area contributed by atoms with E-state index in [-0.39, 0.29) is 21.3 Å². The van der Waals surface area contributed by atoms with Gasteiger partial charge in [-0.05, 0) is 37.1 Å². The van der Waals surface area contributed by atoms with Crippen LogP contribution >= 0.6 is 0 Å². The van der Waals surface area contributed by atoms with Gasteiger partial charge < -0.3 is 0 Å². The summed E-state index contributed by atoms with van der Waals surface area (Å²) in [5.74, 6) is 0.496. The zero-order chi connectivity index (χ0) is 13.6. The summed E-state index contributed by atoms with van der Waals surface area (Å²) in [6.45, 7) is 3.56. The third kappa shape index (κ3) is 1.69. The lowest BCUT2D eigenvalue weighted by Crippen LogP contribution is -2.02. The molecular formula is C14H12O4S. The van der Waals surface area contributed by atoms with Gasteiger partial charge in [-0.2, -0.15) is 0 Å². The second-order valence-corrected chi connectivity index (χ2v) is 6.36. The highest BCUT2D eigenvalue weighted by Crippen LogP contribution is 2.40. The molecule has 2 aromatic rings. The first-order chi connectivity index (χ1) is 9.01. The van der Waals surface area contributed by atoms with Gasteiger partial charge in [-0.1, -0.05) is 24.3 Å². The molecule has 0 N–H and O–H groups in total. The summed E-state index contributed by atoms with van der Waals surface area (Å²) in [5.41, 5.74) is 1.43. The van der Waals surface area contributed by atoms with Crippen molar-refractivity contribution in [1.82, 2.24) is 0 Å². The number of benzene rings is 2. The third-order valence-electron chi connectivity index (χ3n) is 3.14. The Bertz CT molecular complexity index is 704. The summed E-state index contributed by atoms with van der Waals surface area (Å²) in [6.07, 6.45) is 0. The minimum Gasteiger partial charge on any atom is -0.288 e. The van der Waals surface area contributed by atoms with E-state index in [9.17, 15) is 8.42 Å². The summed E-state index contributed by atoms with van der Waals surface area (Å²) in [4.78, 5) is 10.8. The summed E-state index contributed by atoms with van der Waals surface area (Å²) in [6, 6.07) is 9.99. The van der Waals surface area contributed by atoms with Crippen molar-refractivity contribution < 1.29 is 18.2 Å². The molecule has 98 valence electrons. The molecule has 0 aliphatic carbocycles. The lowest BCUT2D eigenvalue weighted by molar-refractivity contribution is -0.105. The second kappa shape index (κ2) is 3.99. The number of sulfone groups is 1. The van der Waals surface area contributed by atoms with Crippen molar-refractivity contribution in [3.63, 3.8) is 0 Å². The standard InChI is InChI=1S/C14H12O4S/c1-9-5-3-7-11-13(9)17-18-14-10(2)6-4-8-12(14)19(11,15)16/h3-8H,1-2H3. The highest BCUT2D eigenvalue weighted by atomic mass is 32.2. The van der Waals surface area contributed by atoms with Crippen molar-refractivity contribution in [3.8, 4) is 11.5 Å². The van der Waals surface area contributed by atoms with Gasteiger partial charge in [0, 0.05) is 0 Å². The van der Waals surface area contributed by atoms with Gasteiger partial charge in [-0.25, -0.2) is 8.42 Å². The van der Waals surface area contributed by atoms with E-state index in [1.165, 1.54) is 12.1 Å². The van der Waals surface area contributed by atoms with Crippen LogP contribution in [0.3, 0.4) is 0 Å². The van der Waals surface area contributed by atoms with Crippen molar-refractivity contribution in [2.24, 2.45) is 0 Å². The minimum absolute atomic E-state index is 0.136. The molecule has 19 heavy (non-hydrogen) atoms. The topological polar surface area (TPSA) is 52.6 Å². The van der Waals surface area contributed by atoms with E-state index in [0.717, 1.165) is 0 Å². The monoisotopic (exact) mass is 276 g/mol. The van der Waals surface area contributed by atoms with Gasteiger partial charge in [0.1, 0.15) is 9.79 Å². The Balaban J connectivity index is 2.38. The van der Waals surface area contributed by atoms with Crippen LogP contribution in [0.25, 0.3) is 0 Å². The predicted octanol–water partition coefficient (Wildman–Crippen LogP) is 2.82. The summed E-state index contributed by atoms with van der Waals surface area (Å²) < 4.78 is 25.3. The van der Waals surface area contributed by atoms with Crippen LogP contribution < -0.4 is 9.78 Å². The quantitative estimate of drug-likeness (QED) is 0.694. The molecule has 0 aromatic heterocycles. The normalized spacial score (nSPS) is 15.5. The van der Waals surface area contributed by atoms with Crippen LogP contribution in [0.5, 0.6) is 11.5 Å². The SMILES string of the molecule is Cc1cccc2c1OOc1c(C)cccc1S2(=O)=O. The average Bonchev–Trinajstić information content (AvgIpc) is 2.48. The van der Waals surface area contributed by atoms with Crippen molar-refractivity contribution in [2.75, 3.05) is 0 Å². The molecule has 0 radical (unpaired) electrons. The molecule has 4 nitrogen and oxygen atoms in total. The fourth-order valence-corrected chi connectivity index (χ4v) is 3.72. The fraction of sp³-hybridized carbons (Fsp3) is 0.143. The van der Waals surface area contributed by atoms with Crippen molar-refractivity contribution in [3.05, 3.63) is 47.5 Å².